The van der Waals surface area contributed by atoms with Gasteiger partial charge >= 0.3 is 0 Å². The lowest BCUT2D eigenvalue weighted by Crippen LogP contribution is -2.47. The van der Waals surface area contributed by atoms with Crippen LogP contribution in [0.3, 0.4) is 0 Å². The first kappa shape index (κ1) is 15.4. The molecule has 1 aliphatic rings. The van der Waals surface area contributed by atoms with E-state index in [1.54, 1.807) is 0 Å². The molecule has 1 atom stereocenters. The molecule has 7 heteroatoms. The molecule has 1 saturated heterocycles. The molecular weight excluding hydrogens is 277 g/mol. The molecule has 2 rings (SSSR count). The van der Waals surface area contributed by atoms with Crippen LogP contribution in [0.5, 0.6) is 0 Å². The average Bonchev–Trinajstić information content (AvgIpc) is 2.49. The molecule has 114 valence electrons. The lowest BCUT2D eigenvalue weighted by molar-refractivity contribution is -0.384. The van der Waals surface area contributed by atoms with Crippen molar-refractivity contribution in [3.8, 4) is 0 Å². The van der Waals surface area contributed by atoms with E-state index in [0.29, 0.717) is 19.4 Å². The number of carbonyl (C=O) groups is 1. The summed E-state index contributed by atoms with van der Waals surface area (Å²) in [4.78, 5) is 22.8. The highest BCUT2D eigenvalue weighted by Gasteiger charge is 2.39. The van der Waals surface area contributed by atoms with Gasteiger partial charge in [0.15, 0.2) is 11.5 Å². The van der Waals surface area contributed by atoms with Crippen LogP contribution in [0.4, 0.5) is 15.8 Å². The molecule has 1 fully saturated rings. The highest BCUT2D eigenvalue weighted by molar-refractivity contribution is 5.97. The van der Waals surface area contributed by atoms with E-state index >= 15 is 0 Å². The molecule has 0 aromatic heterocycles. The number of nitro benzene ring substituents is 1. The van der Waals surface area contributed by atoms with Gasteiger partial charge < -0.3 is 10.6 Å². The largest absolute Gasteiger partial charge is 0.317 e. The quantitative estimate of drug-likeness (QED) is 0.660. The van der Waals surface area contributed by atoms with E-state index in [1.165, 1.54) is 12.1 Å². The summed E-state index contributed by atoms with van der Waals surface area (Å²) in [6.45, 7) is 3.23. The van der Waals surface area contributed by atoms with Crippen molar-refractivity contribution in [3.63, 3.8) is 0 Å². The van der Waals surface area contributed by atoms with Gasteiger partial charge in [-0.2, -0.15) is 0 Å². The first-order valence-corrected chi connectivity index (χ1v) is 6.95. The number of nitrogens with one attached hydrogen (secondary N) is 2. The van der Waals surface area contributed by atoms with E-state index in [2.05, 4.69) is 10.6 Å². The van der Waals surface area contributed by atoms with Crippen molar-refractivity contribution in [2.75, 3.05) is 18.4 Å². The molecule has 0 aliphatic carbocycles. The molecule has 21 heavy (non-hydrogen) atoms. The summed E-state index contributed by atoms with van der Waals surface area (Å²) in [6, 6.07) is 3.53. The fourth-order valence-electron chi connectivity index (χ4n) is 2.66. The smallest absolute Gasteiger partial charge is 0.295 e. The third kappa shape index (κ3) is 3.02. The molecule has 0 saturated carbocycles. The lowest BCUT2D eigenvalue weighted by Gasteiger charge is -2.35. The van der Waals surface area contributed by atoms with Crippen LogP contribution in [0.15, 0.2) is 18.2 Å². The monoisotopic (exact) mass is 295 g/mol. The second-order valence-electron chi connectivity index (χ2n) is 5.26. The zero-order valence-electron chi connectivity index (χ0n) is 11.8. The number of benzene rings is 1. The van der Waals surface area contributed by atoms with E-state index in [9.17, 15) is 19.3 Å². The molecule has 1 aromatic carbocycles. The number of rotatable bonds is 4. The summed E-state index contributed by atoms with van der Waals surface area (Å²) in [7, 11) is 0. The van der Waals surface area contributed by atoms with E-state index < -0.39 is 21.8 Å². The summed E-state index contributed by atoms with van der Waals surface area (Å²) in [5.74, 6) is -1.17. The Labute approximate surface area is 121 Å². The highest BCUT2D eigenvalue weighted by Crippen LogP contribution is 2.34. The Morgan fingerprint density at radius 1 is 1.57 bits per heavy atom. The van der Waals surface area contributed by atoms with Crippen molar-refractivity contribution in [3.05, 3.63) is 34.1 Å². The van der Waals surface area contributed by atoms with E-state index in [0.717, 1.165) is 19.0 Å². The number of hydrogen-bond donors (Lipinski definition) is 2. The predicted molar refractivity (Wildman–Crippen MR) is 76.5 cm³/mol. The van der Waals surface area contributed by atoms with Gasteiger partial charge in [-0.05, 0) is 31.9 Å². The van der Waals surface area contributed by atoms with Crippen molar-refractivity contribution in [1.29, 1.82) is 0 Å². The van der Waals surface area contributed by atoms with Crippen LogP contribution in [-0.4, -0.2) is 23.9 Å². The summed E-state index contributed by atoms with van der Waals surface area (Å²) < 4.78 is 13.8. The molecule has 1 aromatic rings. The first-order chi connectivity index (χ1) is 10.00. The van der Waals surface area contributed by atoms with Crippen LogP contribution in [0, 0.1) is 21.3 Å². The molecule has 2 N–H and O–H groups in total. The number of carbonyl (C=O) groups excluding carboxylic acids is 1. The Hall–Kier alpha value is -2.02. The Balaban J connectivity index is 2.29. The number of nitrogens with zero attached hydrogens (tertiary/aromatic N) is 1. The number of anilines is 1. The minimum absolute atomic E-state index is 0.356. The van der Waals surface area contributed by atoms with Gasteiger partial charge in [0.2, 0.25) is 5.91 Å². The molecule has 1 aliphatic heterocycles. The molecule has 1 unspecified atom stereocenters. The SMILES string of the molecule is CCC1(C(=O)Nc2c(F)cccc2[N+](=O)[O-])CCCNC1. The average molecular weight is 295 g/mol. The number of nitro groups is 1. The normalized spacial score (nSPS) is 21.8. The summed E-state index contributed by atoms with van der Waals surface area (Å²) in [6.07, 6.45) is 2.12. The molecule has 0 spiro atoms. The molecule has 0 bridgehead atoms. The minimum atomic E-state index is -0.799. The molecule has 1 amide bonds. The van der Waals surface area contributed by atoms with Gasteiger partial charge in [-0.3, -0.25) is 14.9 Å². The van der Waals surface area contributed by atoms with Crippen molar-refractivity contribution in [1.82, 2.24) is 5.32 Å². The Kier molecular flexibility index (Phi) is 4.52. The zero-order valence-corrected chi connectivity index (χ0v) is 11.8. The Bertz CT molecular complexity index is 556. The van der Waals surface area contributed by atoms with Crippen molar-refractivity contribution < 1.29 is 14.1 Å². The number of piperidine rings is 1. The first-order valence-electron chi connectivity index (χ1n) is 6.95. The number of amides is 1. The van der Waals surface area contributed by atoms with Crippen LogP contribution in [0.1, 0.15) is 26.2 Å². The van der Waals surface area contributed by atoms with Gasteiger partial charge in [0.1, 0.15) is 0 Å². The summed E-state index contributed by atoms with van der Waals surface area (Å²) >= 11 is 0. The fraction of sp³-hybridized carbons (Fsp3) is 0.500. The van der Waals surface area contributed by atoms with Crippen molar-refractivity contribution in [2.45, 2.75) is 26.2 Å². The number of para-hydroxylation sites is 1. The van der Waals surface area contributed by atoms with Crippen LogP contribution >= 0.6 is 0 Å². The minimum Gasteiger partial charge on any atom is -0.317 e. The molecular formula is C14H18FN3O3. The van der Waals surface area contributed by atoms with Gasteiger partial charge in [0.05, 0.1) is 10.3 Å². The lowest BCUT2D eigenvalue weighted by atomic mass is 9.77. The Morgan fingerprint density at radius 3 is 2.90 bits per heavy atom. The third-order valence-electron chi connectivity index (χ3n) is 4.06. The fourth-order valence-corrected chi connectivity index (χ4v) is 2.66. The van der Waals surface area contributed by atoms with Gasteiger partial charge in [0.25, 0.3) is 5.69 Å². The maximum atomic E-state index is 13.8. The highest BCUT2D eigenvalue weighted by atomic mass is 19.1. The van der Waals surface area contributed by atoms with E-state index in [4.69, 9.17) is 0 Å². The number of halogens is 1. The second kappa shape index (κ2) is 6.17. The van der Waals surface area contributed by atoms with Crippen LogP contribution in [0.25, 0.3) is 0 Å². The van der Waals surface area contributed by atoms with E-state index in [-0.39, 0.29) is 11.6 Å². The topological polar surface area (TPSA) is 84.3 Å². The third-order valence-corrected chi connectivity index (χ3v) is 4.06. The number of hydrogen-bond acceptors (Lipinski definition) is 4. The van der Waals surface area contributed by atoms with Gasteiger partial charge in [-0.1, -0.05) is 13.0 Å². The summed E-state index contributed by atoms with van der Waals surface area (Å²) in [5.41, 5.74) is -1.43. The van der Waals surface area contributed by atoms with Crippen molar-refractivity contribution >= 4 is 17.3 Å². The van der Waals surface area contributed by atoms with Crippen LogP contribution in [-0.2, 0) is 4.79 Å². The predicted octanol–water partition coefficient (Wildman–Crippen LogP) is 2.45. The van der Waals surface area contributed by atoms with Crippen LogP contribution < -0.4 is 10.6 Å². The second-order valence-corrected chi connectivity index (χ2v) is 5.26. The molecule has 6 nitrogen and oxygen atoms in total. The zero-order chi connectivity index (χ0) is 15.5. The molecule has 1 heterocycles. The van der Waals surface area contributed by atoms with Crippen LogP contribution in [0.2, 0.25) is 0 Å². The van der Waals surface area contributed by atoms with E-state index in [1.807, 2.05) is 6.92 Å². The van der Waals surface area contributed by atoms with Gasteiger partial charge in [0, 0.05) is 12.6 Å². The van der Waals surface area contributed by atoms with Gasteiger partial charge in [-0.15, -0.1) is 0 Å². The van der Waals surface area contributed by atoms with Crippen molar-refractivity contribution in [2.24, 2.45) is 5.41 Å². The standard InChI is InChI=1S/C14H18FN3O3/c1-2-14(7-4-8-16-9-14)13(19)17-12-10(15)5-3-6-11(12)18(20)21/h3,5-6,16H,2,4,7-9H2,1H3,(H,17,19). The maximum Gasteiger partial charge on any atom is 0.295 e. The Morgan fingerprint density at radius 2 is 2.33 bits per heavy atom. The summed E-state index contributed by atoms with van der Waals surface area (Å²) in [5, 5.41) is 16.5. The van der Waals surface area contributed by atoms with Gasteiger partial charge in [-0.25, -0.2) is 4.39 Å². The molecule has 0 radical (unpaired) electrons. The maximum absolute atomic E-state index is 13.8.